The first kappa shape index (κ1) is 16.8. The summed E-state index contributed by atoms with van der Waals surface area (Å²) >= 11 is 1.52. The molecule has 1 N–H and O–H groups in total. The SMILES string of the molecule is Cc1ccccc1-c1nc(C)c(CNS(=O)(=O)c2ccccc2)s1. The van der Waals surface area contributed by atoms with Crippen molar-refractivity contribution in [2.45, 2.75) is 25.3 Å². The molecule has 0 fully saturated rings. The van der Waals surface area contributed by atoms with Crippen LogP contribution < -0.4 is 4.72 Å². The fraction of sp³-hybridized carbons (Fsp3) is 0.167. The van der Waals surface area contributed by atoms with Crippen LogP contribution in [0.3, 0.4) is 0 Å². The Bertz CT molecular complexity index is 948. The quantitative estimate of drug-likeness (QED) is 0.752. The van der Waals surface area contributed by atoms with Crippen LogP contribution in [0.4, 0.5) is 0 Å². The lowest BCUT2D eigenvalue weighted by Gasteiger charge is -2.05. The summed E-state index contributed by atoms with van der Waals surface area (Å²) in [6.07, 6.45) is 0. The van der Waals surface area contributed by atoms with Crippen LogP contribution in [0.25, 0.3) is 10.6 Å². The van der Waals surface area contributed by atoms with E-state index in [2.05, 4.69) is 9.71 Å². The van der Waals surface area contributed by atoms with Crippen molar-refractivity contribution in [3.8, 4) is 10.6 Å². The number of benzene rings is 2. The van der Waals surface area contributed by atoms with Gasteiger partial charge in [0.2, 0.25) is 10.0 Å². The zero-order valence-corrected chi connectivity index (χ0v) is 15.1. The maximum absolute atomic E-state index is 12.3. The predicted molar refractivity (Wildman–Crippen MR) is 97.5 cm³/mol. The summed E-state index contributed by atoms with van der Waals surface area (Å²) in [5.41, 5.74) is 3.10. The molecule has 24 heavy (non-hydrogen) atoms. The van der Waals surface area contributed by atoms with Gasteiger partial charge in [-0.3, -0.25) is 0 Å². The van der Waals surface area contributed by atoms with Gasteiger partial charge in [0, 0.05) is 17.0 Å². The Morgan fingerprint density at radius 2 is 1.67 bits per heavy atom. The van der Waals surface area contributed by atoms with Crippen molar-refractivity contribution < 1.29 is 8.42 Å². The molecule has 0 saturated carbocycles. The van der Waals surface area contributed by atoms with E-state index in [9.17, 15) is 8.42 Å². The van der Waals surface area contributed by atoms with Crippen molar-refractivity contribution in [1.29, 1.82) is 0 Å². The first-order chi connectivity index (χ1) is 11.5. The first-order valence-corrected chi connectivity index (χ1v) is 9.84. The Kier molecular flexibility index (Phi) is 4.80. The lowest BCUT2D eigenvalue weighted by atomic mass is 10.1. The van der Waals surface area contributed by atoms with Gasteiger partial charge in [0.15, 0.2) is 0 Å². The standard InChI is InChI=1S/C18H18N2O2S2/c1-13-8-6-7-11-16(13)18-20-14(2)17(23-18)12-19-24(21,22)15-9-4-3-5-10-15/h3-11,19H,12H2,1-2H3. The van der Waals surface area contributed by atoms with Crippen LogP contribution in [-0.2, 0) is 16.6 Å². The van der Waals surface area contributed by atoms with Gasteiger partial charge in [0.1, 0.15) is 5.01 Å². The van der Waals surface area contributed by atoms with Crippen molar-refractivity contribution in [2.75, 3.05) is 0 Å². The Balaban J connectivity index is 1.81. The minimum atomic E-state index is -3.51. The topological polar surface area (TPSA) is 59.1 Å². The van der Waals surface area contributed by atoms with Gasteiger partial charge in [-0.1, -0.05) is 42.5 Å². The molecule has 3 aromatic rings. The molecule has 6 heteroatoms. The number of thiazole rings is 1. The summed E-state index contributed by atoms with van der Waals surface area (Å²) in [5, 5.41) is 0.916. The van der Waals surface area contributed by atoms with Crippen LogP contribution >= 0.6 is 11.3 Å². The van der Waals surface area contributed by atoms with E-state index < -0.39 is 10.0 Å². The molecule has 0 aliphatic carbocycles. The van der Waals surface area contributed by atoms with Gasteiger partial charge in [-0.05, 0) is 31.5 Å². The summed E-state index contributed by atoms with van der Waals surface area (Å²) in [4.78, 5) is 5.79. The van der Waals surface area contributed by atoms with Crippen LogP contribution in [0, 0.1) is 13.8 Å². The number of nitrogens with zero attached hydrogens (tertiary/aromatic N) is 1. The predicted octanol–water partition coefficient (Wildman–Crippen LogP) is 3.91. The molecule has 1 heterocycles. The number of aromatic nitrogens is 1. The normalized spacial score (nSPS) is 11.6. The molecule has 2 aromatic carbocycles. The lowest BCUT2D eigenvalue weighted by molar-refractivity contribution is 0.581. The first-order valence-electron chi connectivity index (χ1n) is 7.54. The van der Waals surface area contributed by atoms with Gasteiger partial charge < -0.3 is 0 Å². The van der Waals surface area contributed by atoms with E-state index in [1.165, 1.54) is 11.3 Å². The molecule has 1 aromatic heterocycles. The number of hydrogen-bond donors (Lipinski definition) is 1. The largest absolute Gasteiger partial charge is 0.241 e. The summed E-state index contributed by atoms with van der Waals surface area (Å²) in [6, 6.07) is 16.4. The molecular weight excluding hydrogens is 340 g/mol. The van der Waals surface area contributed by atoms with Crippen molar-refractivity contribution >= 4 is 21.4 Å². The Labute approximate surface area is 146 Å². The van der Waals surface area contributed by atoms with Crippen LogP contribution in [0.5, 0.6) is 0 Å². The average Bonchev–Trinajstić information content (AvgIpc) is 2.95. The van der Waals surface area contributed by atoms with Crippen molar-refractivity contribution in [3.63, 3.8) is 0 Å². The molecule has 3 rings (SSSR count). The third kappa shape index (κ3) is 3.56. The van der Waals surface area contributed by atoms with E-state index in [1.54, 1.807) is 30.3 Å². The molecule has 0 amide bonds. The molecule has 0 aliphatic rings. The molecule has 0 bridgehead atoms. The highest BCUT2D eigenvalue weighted by Gasteiger charge is 2.16. The maximum Gasteiger partial charge on any atom is 0.240 e. The smallest absolute Gasteiger partial charge is 0.240 e. The number of sulfonamides is 1. The van der Waals surface area contributed by atoms with E-state index in [0.717, 1.165) is 26.7 Å². The monoisotopic (exact) mass is 358 g/mol. The van der Waals surface area contributed by atoms with E-state index in [4.69, 9.17) is 0 Å². The van der Waals surface area contributed by atoms with Gasteiger partial charge >= 0.3 is 0 Å². The second-order valence-electron chi connectivity index (χ2n) is 5.48. The fourth-order valence-corrected chi connectivity index (χ4v) is 4.56. The lowest BCUT2D eigenvalue weighted by Crippen LogP contribution is -2.23. The zero-order chi connectivity index (χ0) is 17.2. The van der Waals surface area contributed by atoms with Gasteiger partial charge in [-0.25, -0.2) is 18.1 Å². The van der Waals surface area contributed by atoms with Gasteiger partial charge in [0.05, 0.1) is 10.6 Å². The van der Waals surface area contributed by atoms with E-state index in [0.29, 0.717) is 0 Å². The number of hydrogen-bond acceptors (Lipinski definition) is 4. The minimum Gasteiger partial charge on any atom is -0.241 e. The second kappa shape index (κ2) is 6.84. The van der Waals surface area contributed by atoms with Crippen LogP contribution in [0.1, 0.15) is 16.1 Å². The molecule has 0 unspecified atom stereocenters. The number of aryl methyl sites for hydroxylation is 2. The molecular formula is C18H18N2O2S2. The summed E-state index contributed by atoms with van der Waals surface area (Å²) in [6.45, 7) is 4.20. The minimum absolute atomic E-state index is 0.243. The summed E-state index contributed by atoms with van der Waals surface area (Å²) in [5.74, 6) is 0. The number of rotatable bonds is 5. The van der Waals surface area contributed by atoms with Crippen LogP contribution in [0.15, 0.2) is 59.5 Å². The van der Waals surface area contributed by atoms with Crippen LogP contribution in [-0.4, -0.2) is 13.4 Å². The van der Waals surface area contributed by atoms with E-state index in [1.807, 2.05) is 38.1 Å². The van der Waals surface area contributed by atoms with Crippen LogP contribution in [0.2, 0.25) is 0 Å². The highest BCUT2D eigenvalue weighted by Crippen LogP contribution is 2.30. The van der Waals surface area contributed by atoms with E-state index in [-0.39, 0.29) is 11.4 Å². The van der Waals surface area contributed by atoms with E-state index >= 15 is 0 Å². The van der Waals surface area contributed by atoms with Gasteiger partial charge in [-0.15, -0.1) is 11.3 Å². The Morgan fingerprint density at radius 1 is 1.00 bits per heavy atom. The average molecular weight is 358 g/mol. The molecule has 0 spiro atoms. The number of nitrogens with one attached hydrogen (secondary N) is 1. The second-order valence-corrected chi connectivity index (χ2v) is 8.33. The molecule has 0 aliphatic heterocycles. The van der Waals surface area contributed by atoms with Crippen molar-refractivity contribution in [1.82, 2.24) is 9.71 Å². The fourth-order valence-electron chi connectivity index (χ4n) is 2.36. The molecule has 0 atom stereocenters. The molecule has 0 radical (unpaired) electrons. The third-order valence-corrected chi connectivity index (χ3v) is 6.35. The molecule has 124 valence electrons. The summed E-state index contributed by atoms with van der Waals surface area (Å²) < 4.78 is 27.3. The van der Waals surface area contributed by atoms with Crippen molar-refractivity contribution in [2.24, 2.45) is 0 Å². The Hall–Kier alpha value is -2.02. The third-order valence-electron chi connectivity index (χ3n) is 3.74. The molecule has 4 nitrogen and oxygen atoms in total. The highest BCUT2D eigenvalue weighted by molar-refractivity contribution is 7.89. The van der Waals surface area contributed by atoms with Gasteiger partial charge in [-0.2, -0.15) is 0 Å². The summed E-state index contributed by atoms with van der Waals surface area (Å²) in [7, 11) is -3.51. The highest BCUT2D eigenvalue weighted by atomic mass is 32.2. The van der Waals surface area contributed by atoms with Crippen molar-refractivity contribution in [3.05, 3.63) is 70.7 Å². The maximum atomic E-state index is 12.3. The zero-order valence-electron chi connectivity index (χ0n) is 13.5. The molecule has 0 saturated heterocycles. The Morgan fingerprint density at radius 3 is 2.38 bits per heavy atom. The van der Waals surface area contributed by atoms with Gasteiger partial charge in [0.25, 0.3) is 0 Å².